The van der Waals surface area contributed by atoms with E-state index in [0.29, 0.717) is 12.2 Å². The number of ether oxygens (including phenoxy) is 2. The van der Waals surface area contributed by atoms with Gasteiger partial charge in [0.2, 0.25) is 0 Å². The summed E-state index contributed by atoms with van der Waals surface area (Å²) in [7, 11) is 1.37. The van der Waals surface area contributed by atoms with Gasteiger partial charge < -0.3 is 14.8 Å². The number of esters is 1. The third-order valence-electron chi connectivity index (χ3n) is 2.46. The highest BCUT2D eigenvalue weighted by Crippen LogP contribution is 2.33. The van der Waals surface area contributed by atoms with E-state index in [1.165, 1.54) is 7.11 Å². The lowest BCUT2D eigenvalue weighted by Gasteiger charge is -2.33. The minimum absolute atomic E-state index is 0.123. The van der Waals surface area contributed by atoms with Crippen LogP contribution >= 0.6 is 0 Å². The fourth-order valence-corrected chi connectivity index (χ4v) is 1.66. The molecule has 1 heterocycles. The van der Waals surface area contributed by atoms with Crippen LogP contribution in [0.1, 0.15) is 24.2 Å². The Balaban J connectivity index is 2.34. The van der Waals surface area contributed by atoms with E-state index in [1.54, 1.807) is 18.2 Å². The first-order valence-electron chi connectivity index (χ1n) is 5.15. The third kappa shape index (κ3) is 1.96. The molecule has 0 aliphatic carbocycles. The van der Waals surface area contributed by atoms with Gasteiger partial charge in [-0.3, -0.25) is 0 Å². The zero-order chi connectivity index (χ0) is 11.8. The molecule has 0 saturated carbocycles. The summed E-state index contributed by atoms with van der Waals surface area (Å²) in [6, 6.07) is 5.23. The van der Waals surface area contributed by atoms with Crippen molar-refractivity contribution in [3.8, 4) is 5.75 Å². The number of hydrogen-bond acceptors (Lipinski definition) is 4. The third-order valence-corrected chi connectivity index (χ3v) is 2.46. The zero-order valence-corrected chi connectivity index (χ0v) is 9.66. The molecule has 0 aromatic heterocycles. The lowest BCUT2D eigenvalue weighted by atomic mass is 10.0. The van der Waals surface area contributed by atoms with Gasteiger partial charge in [0.05, 0.1) is 23.9 Å². The molecule has 4 heteroatoms. The Labute approximate surface area is 94.6 Å². The largest absolute Gasteiger partial charge is 0.489 e. The Hall–Kier alpha value is -1.71. The molecular weight excluding hydrogens is 206 g/mol. The van der Waals surface area contributed by atoms with Crippen molar-refractivity contribution in [3.63, 3.8) is 0 Å². The first kappa shape index (κ1) is 10.8. The van der Waals surface area contributed by atoms with Crippen LogP contribution in [0.3, 0.4) is 0 Å². The van der Waals surface area contributed by atoms with Crippen molar-refractivity contribution in [1.82, 2.24) is 0 Å². The predicted molar refractivity (Wildman–Crippen MR) is 61.0 cm³/mol. The number of rotatable bonds is 1. The molecule has 1 aromatic carbocycles. The minimum Gasteiger partial charge on any atom is -0.489 e. The number of fused-ring (bicyclic) bond motifs is 1. The molecule has 0 fully saturated rings. The number of carbonyl (C=O) groups excluding carboxylic acids is 1. The van der Waals surface area contributed by atoms with Crippen LogP contribution in [0.4, 0.5) is 5.69 Å². The molecule has 0 saturated heterocycles. The quantitative estimate of drug-likeness (QED) is 0.737. The van der Waals surface area contributed by atoms with E-state index in [1.807, 2.05) is 13.8 Å². The maximum absolute atomic E-state index is 11.4. The molecule has 0 atom stereocenters. The van der Waals surface area contributed by atoms with Gasteiger partial charge in [-0.2, -0.15) is 0 Å². The van der Waals surface area contributed by atoms with Crippen LogP contribution in [0.25, 0.3) is 0 Å². The van der Waals surface area contributed by atoms with Crippen LogP contribution in [0.15, 0.2) is 18.2 Å². The molecule has 2 rings (SSSR count). The first-order chi connectivity index (χ1) is 7.52. The molecule has 4 nitrogen and oxygen atoms in total. The highest BCUT2D eigenvalue weighted by molar-refractivity contribution is 5.91. The van der Waals surface area contributed by atoms with E-state index in [0.717, 1.165) is 11.4 Å². The van der Waals surface area contributed by atoms with Crippen molar-refractivity contribution in [2.24, 2.45) is 0 Å². The highest BCUT2D eigenvalue weighted by atomic mass is 16.5. The Morgan fingerprint density at radius 3 is 2.94 bits per heavy atom. The molecule has 0 spiro atoms. The minimum atomic E-state index is -0.340. The number of nitrogens with one attached hydrogen (secondary N) is 1. The summed E-state index contributed by atoms with van der Waals surface area (Å²) in [6.07, 6.45) is 0. The summed E-state index contributed by atoms with van der Waals surface area (Å²) in [6.45, 7) is 4.69. The molecule has 0 radical (unpaired) electrons. The molecule has 16 heavy (non-hydrogen) atoms. The summed E-state index contributed by atoms with van der Waals surface area (Å²) in [4.78, 5) is 11.4. The monoisotopic (exact) mass is 221 g/mol. The van der Waals surface area contributed by atoms with E-state index in [2.05, 4.69) is 10.1 Å². The second-order valence-corrected chi connectivity index (χ2v) is 4.50. The molecular formula is C12H15NO3. The smallest absolute Gasteiger partial charge is 0.337 e. The molecule has 1 N–H and O–H groups in total. The van der Waals surface area contributed by atoms with Gasteiger partial charge in [-0.25, -0.2) is 4.79 Å². The molecule has 1 aliphatic heterocycles. The van der Waals surface area contributed by atoms with Gasteiger partial charge in [0.15, 0.2) is 0 Å². The van der Waals surface area contributed by atoms with Crippen molar-refractivity contribution in [1.29, 1.82) is 0 Å². The van der Waals surface area contributed by atoms with Crippen molar-refractivity contribution in [2.45, 2.75) is 19.4 Å². The van der Waals surface area contributed by atoms with Gasteiger partial charge in [0.1, 0.15) is 12.4 Å². The molecule has 0 bridgehead atoms. The lowest BCUT2D eigenvalue weighted by molar-refractivity contribution is 0.0600. The van der Waals surface area contributed by atoms with Gasteiger partial charge in [0.25, 0.3) is 0 Å². The second-order valence-electron chi connectivity index (χ2n) is 4.50. The number of anilines is 1. The van der Waals surface area contributed by atoms with Crippen LogP contribution in [-0.4, -0.2) is 25.2 Å². The number of hydrogen-bond donors (Lipinski definition) is 1. The highest BCUT2D eigenvalue weighted by Gasteiger charge is 2.26. The maximum Gasteiger partial charge on any atom is 0.337 e. The summed E-state index contributed by atoms with van der Waals surface area (Å²) in [5, 5.41) is 3.32. The van der Waals surface area contributed by atoms with E-state index in [9.17, 15) is 4.79 Å². The Bertz CT molecular complexity index is 426. The van der Waals surface area contributed by atoms with E-state index < -0.39 is 0 Å². The molecule has 1 aromatic rings. The van der Waals surface area contributed by atoms with E-state index in [4.69, 9.17) is 4.74 Å². The topological polar surface area (TPSA) is 47.6 Å². The van der Waals surface area contributed by atoms with Gasteiger partial charge >= 0.3 is 5.97 Å². The lowest BCUT2D eigenvalue weighted by Crippen LogP contribution is -2.40. The van der Waals surface area contributed by atoms with Crippen molar-refractivity contribution < 1.29 is 14.3 Å². The maximum atomic E-state index is 11.4. The predicted octanol–water partition coefficient (Wildman–Crippen LogP) is 2.06. The van der Waals surface area contributed by atoms with Crippen molar-refractivity contribution in [3.05, 3.63) is 23.8 Å². The zero-order valence-electron chi connectivity index (χ0n) is 9.66. The summed E-state index contributed by atoms with van der Waals surface area (Å²) in [5.41, 5.74) is 1.23. The van der Waals surface area contributed by atoms with Crippen LogP contribution in [-0.2, 0) is 4.74 Å². The molecule has 1 aliphatic rings. The summed E-state index contributed by atoms with van der Waals surface area (Å²) >= 11 is 0. The van der Waals surface area contributed by atoms with Gasteiger partial charge in [-0.1, -0.05) is 0 Å². The van der Waals surface area contributed by atoms with Gasteiger partial charge in [-0.05, 0) is 32.0 Å². The van der Waals surface area contributed by atoms with Crippen molar-refractivity contribution in [2.75, 3.05) is 19.0 Å². The van der Waals surface area contributed by atoms with Crippen molar-refractivity contribution >= 4 is 11.7 Å². The summed E-state index contributed by atoms with van der Waals surface area (Å²) in [5.74, 6) is 0.431. The number of carbonyl (C=O) groups is 1. The van der Waals surface area contributed by atoms with Gasteiger partial charge in [-0.15, -0.1) is 0 Å². The standard InChI is InChI=1S/C12H15NO3/c1-12(2)7-16-10-5-4-8(11(14)15-3)6-9(10)13-12/h4-6,13H,7H2,1-3H3. The SMILES string of the molecule is COC(=O)c1ccc2c(c1)NC(C)(C)CO2. The summed E-state index contributed by atoms with van der Waals surface area (Å²) < 4.78 is 10.3. The fraction of sp³-hybridized carbons (Fsp3) is 0.417. The van der Waals surface area contributed by atoms with E-state index in [-0.39, 0.29) is 11.5 Å². The average Bonchev–Trinajstić information content (AvgIpc) is 2.25. The number of benzene rings is 1. The van der Waals surface area contributed by atoms with E-state index >= 15 is 0 Å². The van der Waals surface area contributed by atoms with Crippen LogP contribution < -0.4 is 10.1 Å². The Morgan fingerprint density at radius 2 is 2.25 bits per heavy atom. The molecule has 86 valence electrons. The Kier molecular flexibility index (Phi) is 2.50. The normalized spacial score (nSPS) is 16.7. The van der Waals surface area contributed by atoms with Crippen LogP contribution in [0.5, 0.6) is 5.75 Å². The van der Waals surface area contributed by atoms with Gasteiger partial charge in [0, 0.05) is 0 Å². The second kappa shape index (κ2) is 3.70. The van der Waals surface area contributed by atoms with Crippen LogP contribution in [0, 0.1) is 0 Å². The van der Waals surface area contributed by atoms with Crippen LogP contribution in [0.2, 0.25) is 0 Å². The average molecular weight is 221 g/mol. The number of methoxy groups -OCH3 is 1. The molecule has 0 unspecified atom stereocenters. The first-order valence-corrected chi connectivity index (χ1v) is 5.15. The molecule has 0 amide bonds. The fourth-order valence-electron chi connectivity index (χ4n) is 1.66. The Morgan fingerprint density at radius 1 is 1.50 bits per heavy atom.